The molecule has 0 bridgehead atoms. The number of hydrogen-bond acceptors (Lipinski definition) is 3. The fraction of sp³-hybridized carbons (Fsp3) is 0.474. The second-order valence-corrected chi connectivity index (χ2v) is 6.70. The second kappa shape index (κ2) is 6.77. The van der Waals surface area contributed by atoms with Crippen molar-refractivity contribution in [2.45, 2.75) is 44.6 Å². The molecule has 1 heterocycles. The number of nitrogens with zero attached hydrogens (tertiary/aromatic N) is 3. The number of hydrogen-bond donors (Lipinski definition) is 1. The van der Waals surface area contributed by atoms with Crippen LogP contribution in [-0.2, 0) is 6.42 Å². The summed E-state index contributed by atoms with van der Waals surface area (Å²) in [5, 5.41) is 15.0. The van der Waals surface area contributed by atoms with E-state index in [0.29, 0.717) is 18.5 Å². The Morgan fingerprint density at radius 1 is 1.29 bits per heavy atom. The van der Waals surface area contributed by atoms with Crippen LogP contribution in [0.15, 0.2) is 36.5 Å². The first-order valence-electron chi connectivity index (χ1n) is 8.64. The SMILES string of the molecule is CCc1c(C(=O)N(C)CC2(O)CCCC2)cnn1-c1ccccc1. The lowest BCUT2D eigenvalue weighted by Gasteiger charge is -2.28. The topological polar surface area (TPSA) is 58.4 Å². The third-order valence-corrected chi connectivity index (χ3v) is 4.85. The number of para-hydroxylation sites is 1. The number of benzene rings is 1. The highest BCUT2D eigenvalue weighted by molar-refractivity contribution is 5.95. The molecule has 1 aliphatic carbocycles. The Morgan fingerprint density at radius 3 is 2.58 bits per heavy atom. The second-order valence-electron chi connectivity index (χ2n) is 6.70. The summed E-state index contributed by atoms with van der Waals surface area (Å²) < 4.78 is 1.82. The van der Waals surface area contributed by atoms with Gasteiger partial charge in [-0.25, -0.2) is 4.68 Å². The van der Waals surface area contributed by atoms with Gasteiger partial charge in [-0.2, -0.15) is 5.10 Å². The third-order valence-electron chi connectivity index (χ3n) is 4.85. The molecule has 0 unspecified atom stereocenters. The van der Waals surface area contributed by atoms with Crippen molar-refractivity contribution >= 4 is 5.91 Å². The van der Waals surface area contributed by atoms with E-state index in [0.717, 1.165) is 37.1 Å². The molecule has 5 nitrogen and oxygen atoms in total. The van der Waals surface area contributed by atoms with Gasteiger partial charge in [0.25, 0.3) is 5.91 Å². The van der Waals surface area contributed by atoms with Crippen LogP contribution in [0.2, 0.25) is 0 Å². The van der Waals surface area contributed by atoms with Gasteiger partial charge >= 0.3 is 0 Å². The highest BCUT2D eigenvalue weighted by atomic mass is 16.3. The largest absolute Gasteiger partial charge is 0.388 e. The van der Waals surface area contributed by atoms with Gasteiger partial charge in [-0.3, -0.25) is 4.79 Å². The van der Waals surface area contributed by atoms with Crippen molar-refractivity contribution < 1.29 is 9.90 Å². The average molecular weight is 327 g/mol. The van der Waals surface area contributed by atoms with Gasteiger partial charge in [0.2, 0.25) is 0 Å². The Balaban J connectivity index is 1.83. The van der Waals surface area contributed by atoms with Gasteiger partial charge in [0.1, 0.15) is 0 Å². The van der Waals surface area contributed by atoms with E-state index < -0.39 is 5.60 Å². The van der Waals surface area contributed by atoms with Gasteiger partial charge < -0.3 is 10.0 Å². The number of aliphatic hydroxyl groups is 1. The molecule has 0 radical (unpaired) electrons. The minimum absolute atomic E-state index is 0.0747. The summed E-state index contributed by atoms with van der Waals surface area (Å²) in [5.74, 6) is -0.0747. The lowest BCUT2D eigenvalue weighted by molar-refractivity contribution is 0.0156. The minimum Gasteiger partial charge on any atom is -0.388 e. The smallest absolute Gasteiger partial charge is 0.257 e. The highest BCUT2D eigenvalue weighted by Crippen LogP contribution is 2.30. The molecule has 1 saturated carbocycles. The summed E-state index contributed by atoms with van der Waals surface area (Å²) in [6.45, 7) is 2.41. The van der Waals surface area contributed by atoms with Crippen LogP contribution < -0.4 is 0 Å². The normalized spacial score (nSPS) is 16.3. The predicted molar refractivity (Wildman–Crippen MR) is 93.3 cm³/mol. The lowest BCUT2D eigenvalue weighted by Crippen LogP contribution is -2.42. The zero-order valence-electron chi connectivity index (χ0n) is 14.4. The monoisotopic (exact) mass is 327 g/mol. The quantitative estimate of drug-likeness (QED) is 0.919. The average Bonchev–Trinajstić information content (AvgIpc) is 3.21. The van der Waals surface area contributed by atoms with Crippen LogP contribution in [0.4, 0.5) is 0 Å². The fourth-order valence-electron chi connectivity index (χ4n) is 3.59. The van der Waals surface area contributed by atoms with E-state index in [4.69, 9.17) is 0 Å². The third kappa shape index (κ3) is 3.22. The van der Waals surface area contributed by atoms with Gasteiger partial charge in [0.05, 0.1) is 28.7 Å². The van der Waals surface area contributed by atoms with Crippen molar-refractivity contribution in [2.75, 3.05) is 13.6 Å². The lowest BCUT2D eigenvalue weighted by atomic mass is 10.0. The summed E-state index contributed by atoms with van der Waals surface area (Å²) >= 11 is 0. The van der Waals surface area contributed by atoms with Crippen molar-refractivity contribution in [3.63, 3.8) is 0 Å². The molecule has 1 aliphatic rings. The van der Waals surface area contributed by atoms with E-state index in [2.05, 4.69) is 5.10 Å². The van der Waals surface area contributed by atoms with Gasteiger partial charge in [0, 0.05) is 13.6 Å². The van der Waals surface area contributed by atoms with E-state index >= 15 is 0 Å². The molecule has 1 fully saturated rings. The maximum Gasteiger partial charge on any atom is 0.257 e. The molecule has 1 amide bonds. The van der Waals surface area contributed by atoms with Crippen molar-refractivity contribution in [3.8, 4) is 5.69 Å². The molecule has 1 aromatic carbocycles. The van der Waals surface area contributed by atoms with Crippen molar-refractivity contribution in [3.05, 3.63) is 47.8 Å². The first-order chi connectivity index (χ1) is 11.5. The molecule has 24 heavy (non-hydrogen) atoms. The Labute approximate surface area is 142 Å². The van der Waals surface area contributed by atoms with Crippen molar-refractivity contribution in [1.82, 2.24) is 14.7 Å². The van der Waals surface area contributed by atoms with Crippen LogP contribution in [0.3, 0.4) is 0 Å². The molecule has 0 spiro atoms. The molecule has 128 valence electrons. The molecule has 1 N–H and O–H groups in total. The van der Waals surface area contributed by atoms with Crippen molar-refractivity contribution in [2.24, 2.45) is 0 Å². The van der Waals surface area contributed by atoms with E-state index in [1.165, 1.54) is 0 Å². The summed E-state index contributed by atoms with van der Waals surface area (Å²) in [4.78, 5) is 14.5. The van der Waals surface area contributed by atoms with Crippen LogP contribution >= 0.6 is 0 Å². The molecule has 2 aromatic rings. The zero-order chi connectivity index (χ0) is 17.2. The molecular formula is C19H25N3O2. The maximum atomic E-state index is 12.9. The van der Waals surface area contributed by atoms with Gasteiger partial charge in [0.15, 0.2) is 0 Å². The summed E-state index contributed by atoms with van der Waals surface area (Å²) in [7, 11) is 1.76. The number of carbonyl (C=O) groups is 1. The molecule has 1 aromatic heterocycles. The van der Waals surface area contributed by atoms with Crippen LogP contribution in [-0.4, -0.2) is 44.9 Å². The molecule has 5 heteroatoms. The molecular weight excluding hydrogens is 302 g/mol. The van der Waals surface area contributed by atoms with Crippen LogP contribution in [0.25, 0.3) is 5.69 Å². The van der Waals surface area contributed by atoms with Gasteiger partial charge in [-0.15, -0.1) is 0 Å². The highest BCUT2D eigenvalue weighted by Gasteiger charge is 2.34. The first-order valence-corrected chi connectivity index (χ1v) is 8.64. The summed E-state index contributed by atoms with van der Waals surface area (Å²) in [6.07, 6.45) is 5.97. The summed E-state index contributed by atoms with van der Waals surface area (Å²) in [6, 6.07) is 9.83. The fourth-order valence-corrected chi connectivity index (χ4v) is 3.59. The minimum atomic E-state index is -0.730. The van der Waals surface area contributed by atoms with Gasteiger partial charge in [-0.05, 0) is 31.4 Å². The molecule has 0 aliphatic heterocycles. The summed E-state index contributed by atoms with van der Waals surface area (Å²) in [5.41, 5.74) is 1.74. The van der Waals surface area contributed by atoms with Crippen LogP contribution in [0, 0.1) is 0 Å². The van der Waals surface area contributed by atoms with E-state index in [-0.39, 0.29) is 5.91 Å². The van der Waals surface area contributed by atoms with Gasteiger partial charge in [-0.1, -0.05) is 38.0 Å². The van der Waals surface area contributed by atoms with Crippen molar-refractivity contribution in [1.29, 1.82) is 0 Å². The molecule has 0 saturated heterocycles. The number of carbonyl (C=O) groups excluding carboxylic acids is 1. The standard InChI is InChI=1S/C19H25N3O2/c1-3-17-16(13-20-22(17)15-9-5-4-6-10-15)18(23)21(2)14-19(24)11-7-8-12-19/h4-6,9-10,13,24H,3,7-8,11-12,14H2,1-2H3. The zero-order valence-corrected chi connectivity index (χ0v) is 14.4. The maximum absolute atomic E-state index is 12.9. The number of rotatable bonds is 5. The van der Waals surface area contributed by atoms with Crippen LogP contribution in [0.1, 0.15) is 48.7 Å². The Hall–Kier alpha value is -2.14. The number of aromatic nitrogens is 2. The Kier molecular flexibility index (Phi) is 4.71. The van der Waals surface area contributed by atoms with E-state index in [1.54, 1.807) is 18.1 Å². The Bertz CT molecular complexity index is 703. The van der Waals surface area contributed by atoms with E-state index in [9.17, 15) is 9.90 Å². The number of amides is 1. The number of likely N-dealkylation sites (N-methyl/N-ethyl adjacent to an activating group) is 1. The first kappa shape index (κ1) is 16.7. The predicted octanol–water partition coefficient (Wildman–Crippen LogP) is 2.81. The molecule has 3 rings (SSSR count). The Morgan fingerprint density at radius 2 is 1.96 bits per heavy atom. The molecule has 0 atom stereocenters. The van der Waals surface area contributed by atoms with Crippen LogP contribution in [0.5, 0.6) is 0 Å². The van der Waals surface area contributed by atoms with E-state index in [1.807, 2.05) is 41.9 Å².